The maximum Gasteiger partial charge on any atom is 0.264 e. The van der Waals surface area contributed by atoms with Crippen LogP contribution in [0.1, 0.15) is 11.1 Å². The summed E-state index contributed by atoms with van der Waals surface area (Å²) in [5, 5.41) is 10.5. The summed E-state index contributed by atoms with van der Waals surface area (Å²) in [6.45, 7) is 2.18. The van der Waals surface area contributed by atoms with Gasteiger partial charge >= 0.3 is 0 Å². The molecule has 1 atom stereocenters. The molecule has 0 aliphatic rings. The molecule has 0 amide bonds. The van der Waals surface area contributed by atoms with Gasteiger partial charge in [0.15, 0.2) is 0 Å². The number of aryl methyl sites for hydroxylation is 1. The van der Waals surface area contributed by atoms with Gasteiger partial charge in [0.25, 0.3) is 10.0 Å². The van der Waals surface area contributed by atoms with Gasteiger partial charge in [0, 0.05) is 0 Å². The average Bonchev–Trinajstić information content (AvgIpc) is 2.73. The molecule has 6 heteroatoms. The highest BCUT2D eigenvalue weighted by Crippen LogP contribution is 2.24. The Hall–Kier alpha value is -2.67. The Balaban J connectivity index is 1.74. The van der Waals surface area contributed by atoms with Crippen molar-refractivity contribution in [1.82, 2.24) is 0 Å². The first kappa shape index (κ1) is 21.0. The molecular formula is C23H25NO4S. The highest BCUT2D eigenvalue weighted by atomic mass is 32.2. The molecule has 3 rings (SSSR count). The van der Waals surface area contributed by atoms with Gasteiger partial charge in [0.05, 0.1) is 36.4 Å². The second-order valence-corrected chi connectivity index (χ2v) is 8.70. The molecule has 1 unspecified atom stereocenters. The fraction of sp³-hybridized carbons (Fsp3) is 0.217. The van der Waals surface area contributed by atoms with Gasteiger partial charge in [-0.3, -0.25) is 4.31 Å². The molecule has 0 aliphatic heterocycles. The minimum Gasteiger partial charge on any atom is -0.389 e. The van der Waals surface area contributed by atoms with Crippen LogP contribution in [-0.4, -0.2) is 32.8 Å². The van der Waals surface area contributed by atoms with Crippen LogP contribution in [0.25, 0.3) is 0 Å². The van der Waals surface area contributed by atoms with Crippen molar-refractivity contribution in [2.45, 2.75) is 24.5 Å². The van der Waals surface area contributed by atoms with Crippen LogP contribution < -0.4 is 4.31 Å². The molecular weight excluding hydrogens is 386 g/mol. The molecule has 0 saturated heterocycles. The van der Waals surface area contributed by atoms with Crippen LogP contribution in [0.5, 0.6) is 0 Å². The summed E-state index contributed by atoms with van der Waals surface area (Å²) in [5.74, 6) is 0. The zero-order valence-electron chi connectivity index (χ0n) is 16.3. The van der Waals surface area contributed by atoms with E-state index in [1.807, 2.05) is 43.3 Å². The van der Waals surface area contributed by atoms with E-state index >= 15 is 0 Å². The third kappa shape index (κ3) is 5.67. The van der Waals surface area contributed by atoms with Gasteiger partial charge in [-0.15, -0.1) is 0 Å². The number of sulfonamides is 1. The van der Waals surface area contributed by atoms with Crippen LogP contribution in [0.4, 0.5) is 5.69 Å². The monoisotopic (exact) mass is 411 g/mol. The first-order valence-corrected chi connectivity index (χ1v) is 10.8. The number of anilines is 1. The molecule has 0 bridgehead atoms. The first-order chi connectivity index (χ1) is 14.0. The SMILES string of the molecule is Cc1ccc(S(=O)(=O)N(CC(O)COCc2ccccc2)c2ccccc2)cc1. The number of hydrogen-bond donors (Lipinski definition) is 1. The number of rotatable bonds is 9. The normalized spacial score (nSPS) is 12.5. The number of aliphatic hydroxyl groups is 1. The second kappa shape index (κ2) is 9.69. The lowest BCUT2D eigenvalue weighted by Gasteiger charge is -2.27. The Labute approximate surface area is 172 Å². The molecule has 0 heterocycles. The first-order valence-electron chi connectivity index (χ1n) is 9.41. The van der Waals surface area contributed by atoms with E-state index in [0.717, 1.165) is 11.1 Å². The summed E-state index contributed by atoms with van der Waals surface area (Å²) in [6.07, 6.45) is -0.973. The van der Waals surface area contributed by atoms with Gasteiger partial charge in [-0.05, 0) is 36.8 Å². The second-order valence-electron chi connectivity index (χ2n) is 6.84. The van der Waals surface area contributed by atoms with E-state index in [4.69, 9.17) is 4.74 Å². The molecule has 3 aromatic rings. The zero-order chi connectivity index (χ0) is 20.7. The zero-order valence-corrected chi connectivity index (χ0v) is 17.1. The molecule has 0 aromatic heterocycles. The minimum absolute atomic E-state index is 0.0294. The molecule has 3 aromatic carbocycles. The predicted octanol–water partition coefficient (Wildman–Crippen LogP) is 3.77. The topological polar surface area (TPSA) is 66.8 Å². The van der Waals surface area contributed by atoms with E-state index in [-0.39, 0.29) is 18.0 Å². The third-order valence-corrected chi connectivity index (χ3v) is 6.26. The Bertz CT molecular complexity index is 990. The van der Waals surface area contributed by atoms with Gasteiger partial charge in [0.1, 0.15) is 0 Å². The van der Waals surface area contributed by atoms with E-state index in [9.17, 15) is 13.5 Å². The summed E-state index contributed by atoms with van der Waals surface area (Å²) in [4.78, 5) is 0.185. The van der Waals surface area contributed by atoms with Crippen LogP contribution in [0.3, 0.4) is 0 Å². The number of hydrogen-bond acceptors (Lipinski definition) is 4. The molecule has 0 radical (unpaired) electrons. The van der Waals surface area contributed by atoms with Crippen LogP contribution >= 0.6 is 0 Å². The lowest BCUT2D eigenvalue weighted by molar-refractivity contribution is 0.0334. The molecule has 0 spiro atoms. The van der Waals surface area contributed by atoms with Gasteiger partial charge in [-0.2, -0.15) is 0 Å². The Morgan fingerprint density at radius 1 is 0.897 bits per heavy atom. The predicted molar refractivity (Wildman–Crippen MR) is 114 cm³/mol. The number of para-hydroxylation sites is 1. The largest absolute Gasteiger partial charge is 0.389 e. The van der Waals surface area contributed by atoms with Crippen molar-refractivity contribution in [2.24, 2.45) is 0 Å². The third-order valence-electron chi connectivity index (χ3n) is 4.45. The maximum absolute atomic E-state index is 13.2. The van der Waals surface area contributed by atoms with E-state index < -0.39 is 16.1 Å². The molecule has 0 saturated carbocycles. The molecule has 5 nitrogen and oxygen atoms in total. The van der Waals surface area contributed by atoms with Crippen molar-refractivity contribution in [3.8, 4) is 0 Å². The summed E-state index contributed by atoms with van der Waals surface area (Å²) in [7, 11) is -3.83. The highest BCUT2D eigenvalue weighted by Gasteiger charge is 2.27. The molecule has 1 N–H and O–H groups in total. The fourth-order valence-corrected chi connectivity index (χ4v) is 4.41. The van der Waals surface area contributed by atoms with Crippen molar-refractivity contribution >= 4 is 15.7 Å². The summed E-state index contributed by atoms with van der Waals surface area (Å²) < 4.78 is 33.3. The Morgan fingerprint density at radius 3 is 2.10 bits per heavy atom. The number of benzene rings is 3. The van der Waals surface area contributed by atoms with E-state index in [0.29, 0.717) is 12.3 Å². The number of aliphatic hydroxyl groups excluding tert-OH is 1. The van der Waals surface area contributed by atoms with Crippen molar-refractivity contribution in [3.63, 3.8) is 0 Å². The minimum atomic E-state index is -3.83. The summed E-state index contributed by atoms with van der Waals surface area (Å²) in [6, 6.07) is 25.1. The lowest BCUT2D eigenvalue weighted by Crippen LogP contribution is -2.39. The molecule has 0 fully saturated rings. The maximum atomic E-state index is 13.2. The van der Waals surface area contributed by atoms with Crippen LogP contribution in [0.15, 0.2) is 89.8 Å². The molecule has 152 valence electrons. The number of ether oxygens (including phenoxy) is 1. The van der Waals surface area contributed by atoms with Gasteiger partial charge in [0.2, 0.25) is 0 Å². The van der Waals surface area contributed by atoms with Crippen molar-refractivity contribution in [1.29, 1.82) is 0 Å². The summed E-state index contributed by atoms with van der Waals surface area (Å²) >= 11 is 0. The van der Waals surface area contributed by atoms with E-state index in [1.165, 1.54) is 4.31 Å². The molecule has 29 heavy (non-hydrogen) atoms. The van der Waals surface area contributed by atoms with Crippen molar-refractivity contribution in [2.75, 3.05) is 17.5 Å². The van der Waals surface area contributed by atoms with Gasteiger partial charge < -0.3 is 9.84 Å². The smallest absolute Gasteiger partial charge is 0.264 e. The standard InChI is InChI=1S/C23H25NO4S/c1-19-12-14-23(15-13-19)29(26,27)24(21-10-6-3-7-11-21)16-22(25)18-28-17-20-8-4-2-5-9-20/h2-15,22,25H,16-18H2,1H3. The highest BCUT2D eigenvalue weighted by molar-refractivity contribution is 7.92. The average molecular weight is 412 g/mol. The van der Waals surface area contributed by atoms with Gasteiger partial charge in [-0.1, -0.05) is 66.2 Å². The fourth-order valence-electron chi connectivity index (χ4n) is 2.91. The van der Waals surface area contributed by atoms with Crippen LogP contribution in [0, 0.1) is 6.92 Å². The van der Waals surface area contributed by atoms with Crippen molar-refractivity contribution in [3.05, 3.63) is 96.1 Å². The van der Waals surface area contributed by atoms with E-state index in [1.54, 1.807) is 48.5 Å². The lowest BCUT2D eigenvalue weighted by atomic mass is 10.2. The summed E-state index contributed by atoms with van der Waals surface area (Å²) in [5.41, 5.74) is 2.46. The van der Waals surface area contributed by atoms with E-state index in [2.05, 4.69) is 0 Å². The van der Waals surface area contributed by atoms with Crippen molar-refractivity contribution < 1.29 is 18.3 Å². The molecule has 0 aliphatic carbocycles. The Morgan fingerprint density at radius 2 is 1.48 bits per heavy atom. The quantitative estimate of drug-likeness (QED) is 0.582. The van der Waals surface area contributed by atoms with Gasteiger partial charge in [-0.25, -0.2) is 8.42 Å². The number of nitrogens with zero attached hydrogens (tertiary/aromatic N) is 1. The van der Waals surface area contributed by atoms with Crippen LogP contribution in [-0.2, 0) is 21.4 Å². The van der Waals surface area contributed by atoms with Crippen LogP contribution in [0.2, 0.25) is 0 Å². The Kier molecular flexibility index (Phi) is 7.04.